The van der Waals surface area contributed by atoms with E-state index in [1.54, 1.807) is 0 Å². The molecule has 0 fully saturated rings. The molecule has 0 N–H and O–H groups in total. The van der Waals surface area contributed by atoms with E-state index >= 15 is 0 Å². The molecule has 0 saturated carbocycles. The number of carbonyl (C=O) groups excluding carboxylic acids is 1. The monoisotopic (exact) mass is 250 g/mol. The predicted octanol–water partition coefficient (Wildman–Crippen LogP) is 0.428. The Hall–Kier alpha value is -2.24. The standard InChI is InChI=1S/C12H11FN2O3/c1-7(16)6-15-11(17)10-8(13)4-3-5-9(10)14(2)12(15)18/h3-5H,6H2,1-2H3. The molecule has 2 aromatic rings. The van der Waals surface area contributed by atoms with Gasteiger partial charge in [0, 0.05) is 7.05 Å². The van der Waals surface area contributed by atoms with Crippen LogP contribution in [0.4, 0.5) is 4.39 Å². The van der Waals surface area contributed by atoms with Crippen molar-refractivity contribution in [3.63, 3.8) is 0 Å². The molecule has 0 atom stereocenters. The highest BCUT2D eigenvalue weighted by atomic mass is 19.1. The lowest BCUT2D eigenvalue weighted by Crippen LogP contribution is -2.40. The van der Waals surface area contributed by atoms with Gasteiger partial charge in [-0.15, -0.1) is 0 Å². The van der Waals surface area contributed by atoms with Crippen molar-refractivity contribution in [2.24, 2.45) is 7.05 Å². The van der Waals surface area contributed by atoms with E-state index in [1.165, 1.54) is 26.1 Å². The average Bonchev–Trinajstić information content (AvgIpc) is 2.31. The number of benzene rings is 1. The molecule has 1 heterocycles. The van der Waals surface area contributed by atoms with E-state index in [4.69, 9.17) is 0 Å². The summed E-state index contributed by atoms with van der Waals surface area (Å²) in [6.07, 6.45) is 0. The topological polar surface area (TPSA) is 61.1 Å². The van der Waals surface area contributed by atoms with Gasteiger partial charge in [0.25, 0.3) is 5.56 Å². The fourth-order valence-electron chi connectivity index (χ4n) is 1.87. The molecule has 0 unspecified atom stereocenters. The van der Waals surface area contributed by atoms with Crippen molar-refractivity contribution in [1.82, 2.24) is 9.13 Å². The van der Waals surface area contributed by atoms with Crippen molar-refractivity contribution in [2.45, 2.75) is 13.5 Å². The lowest BCUT2D eigenvalue weighted by atomic mass is 10.2. The summed E-state index contributed by atoms with van der Waals surface area (Å²) in [5.41, 5.74) is -1.19. The Labute approximate surface area is 101 Å². The van der Waals surface area contributed by atoms with Gasteiger partial charge in [0.1, 0.15) is 11.6 Å². The highest BCUT2D eigenvalue weighted by Crippen LogP contribution is 2.11. The third-order valence-corrected chi connectivity index (χ3v) is 2.71. The zero-order chi connectivity index (χ0) is 13.4. The molecule has 18 heavy (non-hydrogen) atoms. The molecule has 94 valence electrons. The Balaban J connectivity index is 2.99. The van der Waals surface area contributed by atoms with E-state index in [9.17, 15) is 18.8 Å². The first-order chi connectivity index (χ1) is 8.43. The van der Waals surface area contributed by atoms with Crippen LogP contribution in [0.15, 0.2) is 27.8 Å². The van der Waals surface area contributed by atoms with Crippen molar-refractivity contribution in [1.29, 1.82) is 0 Å². The van der Waals surface area contributed by atoms with Gasteiger partial charge in [0.2, 0.25) is 0 Å². The van der Waals surface area contributed by atoms with Crippen molar-refractivity contribution in [3.8, 4) is 0 Å². The fourth-order valence-corrected chi connectivity index (χ4v) is 1.87. The summed E-state index contributed by atoms with van der Waals surface area (Å²) in [7, 11) is 1.43. The quantitative estimate of drug-likeness (QED) is 0.776. The Morgan fingerprint density at radius 2 is 2.00 bits per heavy atom. The maximum atomic E-state index is 13.7. The third-order valence-electron chi connectivity index (χ3n) is 2.71. The van der Waals surface area contributed by atoms with Crippen LogP contribution in [0.5, 0.6) is 0 Å². The van der Waals surface area contributed by atoms with E-state index in [0.29, 0.717) is 0 Å². The van der Waals surface area contributed by atoms with E-state index in [2.05, 4.69) is 0 Å². The van der Waals surface area contributed by atoms with Crippen LogP contribution in [-0.4, -0.2) is 14.9 Å². The second kappa shape index (κ2) is 4.21. The van der Waals surface area contributed by atoms with E-state index in [1.807, 2.05) is 0 Å². The summed E-state index contributed by atoms with van der Waals surface area (Å²) in [4.78, 5) is 35.0. The van der Waals surface area contributed by atoms with Gasteiger partial charge in [0.05, 0.1) is 17.4 Å². The van der Waals surface area contributed by atoms with E-state index in [0.717, 1.165) is 15.2 Å². The molecule has 0 amide bonds. The van der Waals surface area contributed by atoms with Crippen LogP contribution in [-0.2, 0) is 18.4 Å². The number of halogens is 1. The molecule has 0 aliphatic rings. The Bertz CT molecular complexity index is 758. The average molecular weight is 250 g/mol. The minimum absolute atomic E-state index is 0.180. The Morgan fingerprint density at radius 3 is 2.61 bits per heavy atom. The largest absolute Gasteiger partial charge is 0.331 e. The van der Waals surface area contributed by atoms with Crippen LogP contribution < -0.4 is 11.2 Å². The zero-order valence-electron chi connectivity index (χ0n) is 9.94. The first kappa shape index (κ1) is 12.2. The lowest BCUT2D eigenvalue weighted by Gasteiger charge is -2.09. The molecule has 0 aliphatic heterocycles. The minimum atomic E-state index is -0.776. The SMILES string of the molecule is CC(=O)Cn1c(=O)c2c(F)cccc2n(C)c1=O. The molecular formula is C12H11FN2O3. The molecular weight excluding hydrogens is 239 g/mol. The second-order valence-corrected chi connectivity index (χ2v) is 4.07. The third kappa shape index (κ3) is 1.75. The molecule has 2 rings (SSSR count). The first-order valence-corrected chi connectivity index (χ1v) is 5.31. The molecule has 1 aromatic carbocycles. The van der Waals surface area contributed by atoms with Crippen LogP contribution in [0.2, 0.25) is 0 Å². The van der Waals surface area contributed by atoms with Gasteiger partial charge < -0.3 is 0 Å². The van der Waals surface area contributed by atoms with Gasteiger partial charge in [-0.25, -0.2) is 9.18 Å². The van der Waals surface area contributed by atoms with Gasteiger partial charge in [-0.1, -0.05) is 6.07 Å². The van der Waals surface area contributed by atoms with Crippen LogP contribution in [0.3, 0.4) is 0 Å². The minimum Gasteiger partial charge on any atom is -0.298 e. The number of ketones is 1. The van der Waals surface area contributed by atoms with Crippen molar-refractivity contribution in [3.05, 3.63) is 44.9 Å². The normalized spacial score (nSPS) is 10.8. The highest BCUT2D eigenvalue weighted by Gasteiger charge is 2.14. The predicted molar refractivity (Wildman–Crippen MR) is 64.1 cm³/mol. The molecule has 0 saturated heterocycles. The summed E-state index contributed by atoms with van der Waals surface area (Å²) in [5, 5.41) is -0.180. The summed E-state index contributed by atoms with van der Waals surface area (Å²) < 4.78 is 15.6. The van der Waals surface area contributed by atoms with Crippen LogP contribution in [0, 0.1) is 5.82 Å². The number of rotatable bonds is 2. The maximum Gasteiger partial charge on any atom is 0.331 e. The number of nitrogens with zero attached hydrogens (tertiary/aromatic N) is 2. The molecule has 5 nitrogen and oxygen atoms in total. The van der Waals surface area contributed by atoms with E-state index < -0.39 is 17.1 Å². The van der Waals surface area contributed by atoms with Crippen LogP contribution in [0.25, 0.3) is 10.9 Å². The van der Waals surface area contributed by atoms with Gasteiger partial charge in [-0.05, 0) is 19.1 Å². The second-order valence-electron chi connectivity index (χ2n) is 4.07. The molecule has 0 bridgehead atoms. The summed E-state index contributed by atoms with van der Waals surface area (Å²) in [6.45, 7) is 0.910. The highest BCUT2D eigenvalue weighted by molar-refractivity contribution is 5.79. The number of carbonyl (C=O) groups is 1. The molecule has 0 aliphatic carbocycles. The summed E-state index contributed by atoms with van der Waals surface area (Å²) >= 11 is 0. The van der Waals surface area contributed by atoms with Crippen LogP contribution in [0.1, 0.15) is 6.92 Å². The number of Topliss-reactive ketones (excluding diaryl/α,β-unsaturated/α-hetero) is 1. The van der Waals surface area contributed by atoms with Crippen molar-refractivity contribution in [2.75, 3.05) is 0 Å². The van der Waals surface area contributed by atoms with Crippen molar-refractivity contribution >= 4 is 16.7 Å². The van der Waals surface area contributed by atoms with Gasteiger partial charge >= 0.3 is 5.69 Å². The van der Waals surface area contributed by atoms with E-state index in [-0.39, 0.29) is 23.2 Å². The Morgan fingerprint density at radius 1 is 1.33 bits per heavy atom. The molecule has 0 radical (unpaired) electrons. The fraction of sp³-hybridized carbons (Fsp3) is 0.250. The van der Waals surface area contributed by atoms with Gasteiger partial charge in [-0.3, -0.25) is 18.7 Å². The van der Waals surface area contributed by atoms with Gasteiger partial charge in [-0.2, -0.15) is 0 Å². The Kier molecular flexibility index (Phi) is 2.86. The molecule has 6 heteroatoms. The number of hydrogen-bond donors (Lipinski definition) is 0. The molecule has 0 spiro atoms. The number of aromatic nitrogens is 2. The molecule has 1 aromatic heterocycles. The van der Waals surface area contributed by atoms with Crippen LogP contribution >= 0.6 is 0 Å². The summed E-state index contributed by atoms with van der Waals surface area (Å²) in [5.74, 6) is -1.05. The first-order valence-electron chi connectivity index (χ1n) is 5.31. The number of aryl methyl sites for hydroxylation is 1. The number of fused-ring (bicyclic) bond motifs is 1. The smallest absolute Gasteiger partial charge is 0.298 e. The zero-order valence-corrected chi connectivity index (χ0v) is 9.94. The number of hydrogen-bond acceptors (Lipinski definition) is 3. The lowest BCUT2D eigenvalue weighted by molar-refractivity contribution is -0.117. The summed E-state index contributed by atoms with van der Waals surface area (Å²) in [6, 6.07) is 4.05. The maximum absolute atomic E-state index is 13.7. The van der Waals surface area contributed by atoms with Gasteiger partial charge in [0.15, 0.2) is 0 Å². The van der Waals surface area contributed by atoms with Crippen molar-refractivity contribution < 1.29 is 9.18 Å².